The Kier molecular flexibility index (Phi) is 3.20. The highest BCUT2D eigenvalue weighted by atomic mass is 35.5. The summed E-state index contributed by atoms with van der Waals surface area (Å²) in [4.78, 5) is 10.8. The number of hydrogen-bond acceptors (Lipinski definition) is 1. The molecular formula is C13H7ClF2O. The predicted octanol–water partition coefficient (Wildman–Crippen LogP) is 4.01. The normalized spacial score (nSPS) is 10.3. The minimum Gasteiger partial charge on any atom is -0.276 e. The van der Waals surface area contributed by atoms with Crippen molar-refractivity contribution in [2.75, 3.05) is 0 Å². The summed E-state index contributed by atoms with van der Waals surface area (Å²) in [6.45, 7) is 0. The lowest BCUT2D eigenvalue weighted by molar-refractivity contribution is 0.108. The Labute approximate surface area is 102 Å². The van der Waals surface area contributed by atoms with Gasteiger partial charge in [-0.1, -0.05) is 18.2 Å². The number of hydrogen-bond donors (Lipinski definition) is 0. The van der Waals surface area contributed by atoms with Crippen molar-refractivity contribution in [2.45, 2.75) is 0 Å². The molecule has 0 saturated heterocycles. The molecule has 0 N–H and O–H groups in total. The Morgan fingerprint density at radius 3 is 2.41 bits per heavy atom. The lowest BCUT2D eigenvalue weighted by atomic mass is 10.0. The largest absolute Gasteiger partial charge is 0.276 e. The van der Waals surface area contributed by atoms with Crippen LogP contribution in [0.25, 0.3) is 11.1 Å². The molecular weight excluding hydrogens is 246 g/mol. The quantitative estimate of drug-likeness (QED) is 0.738. The van der Waals surface area contributed by atoms with Gasteiger partial charge in [-0.15, -0.1) is 0 Å². The molecule has 2 aromatic carbocycles. The third-order valence-electron chi connectivity index (χ3n) is 2.33. The van der Waals surface area contributed by atoms with E-state index in [1.54, 1.807) is 6.07 Å². The van der Waals surface area contributed by atoms with E-state index in [1.807, 2.05) is 0 Å². The first-order valence-electron chi connectivity index (χ1n) is 4.83. The van der Waals surface area contributed by atoms with Crippen LogP contribution in [0, 0.1) is 11.6 Å². The van der Waals surface area contributed by atoms with Gasteiger partial charge in [-0.25, -0.2) is 8.78 Å². The fourth-order valence-corrected chi connectivity index (χ4v) is 1.65. The number of rotatable bonds is 2. The summed E-state index contributed by atoms with van der Waals surface area (Å²) < 4.78 is 26.7. The molecule has 0 amide bonds. The number of carbonyl (C=O) groups excluding carboxylic acids is 1. The highest BCUT2D eigenvalue weighted by Crippen LogP contribution is 2.24. The average Bonchev–Trinajstić information content (AvgIpc) is 2.28. The summed E-state index contributed by atoms with van der Waals surface area (Å²) in [5.41, 5.74) is 0.714. The van der Waals surface area contributed by atoms with Gasteiger partial charge in [0.05, 0.1) is 0 Å². The second-order valence-electron chi connectivity index (χ2n) is 3.48. The van der Waals surface area contributed by atoms with Gasteiger partial charge < -0.3 is 0 Å². The zero-order valence-electron chi connectivity index (χ0n) is 8.58. The third kappa shape index (κ3) is 2.50. The van der Waals surface area contributed by atoms with Gasteiger partial charge in [-0.05, 0) is 41.4 Å². The summed E-state index contributed by atoms with van der Waals surface area (Å²) in [6.07, 6.45) is 0. The van der Waals surface area contributed by atoms with Crippen LogP contribution in [0.4, 0.5) is 8.78 Å². The number of carbonyl (C=O) groups is 1. The Bertz CT molecular complexity index is 581. The molecule has 2 aromatic rings. The summed E-state index contributed by atoms with van der Waals surface area (Å²) in [5, 5.41) is -0.727. The maximum atomic E-state index is 13.7. The minimum atomic E-state index is -0.727. The molecule has 0 spiro atoms. The standard InChI is InChI=1S/C13H7ClF2O/c14-13(17)9-4-5-11(12(16)7-9)8-2-1-3-10(15)6-8/h1-7H. The molecule has 0 atom stereocenters. The Morgan fingerprint density at radius 2 is 1.82 bits per heavy atom. The second-order valence-corrected chi connectivity index (χ2v) is 3.82. The van der Waals surface area contributed by atoms with Crippen molar-refractivity contribution < 1.29 is 13.6 Å². The molecule has 17 heavy (non-hydrogen) atoms. The molecule has 0 unspecified atom stereocenters. The van der Waals surface area contributed by atoms with Gasteiger partial charge in [0.1, 0.15) is 11.6 Å². The van der Waals surface area contributed by atoms with Crippen LogP contribution in [-0.2, 0) is 0 Å². The van der Waals surface area contributed by atoms with Gasteiger partial charge in [0.15, 0.2) is 0 Å². The van der Waals surface area contributed by atoms with Gasteiger partial charge >= 0.3 is 0 Å². The van der Waals surface area contributed by atoms with Crippen LogP contribution in [-0.4, -0.2) is 5.24 Å². The molecule has 0 aliphatic heterocycles. The fourth-order valence-electron chi connectivity index (χ4n) is 1.53. The maximum Gasteiger partial charge on any atom is 0.252 e. The molecule has 0 aromatic heterocycles. The van der Waals surface area contributed by atoms with Crippen LogP contribution in [0.15, 0.2) is 42.5 Å². The van der Waals surface area contributed by atoms with E-state index in [9.17, 15) is 13.6 Å². The Balaban J connectivity index is 2.50. The number of halogens is 3. The highest BCUT2D eigenvalue weighted by Gasteiger charge is 2.09. The average molecular weight is 253 g/mol. The van der Waals surface area contributed by atoms with Crippen molar-refractivity contribution >= 4 is 16.8 Å². The molecule has 0 heterocycles. The van der Waals surface area contributed by atoms with E-state index in [4.69, 9.17) is 11.6 Å². The maximum absolute atomic E-state index is 13.7. The van der Waals surface area contributed by atoms with Crippen molar-refractivity contribution in [2.24, 2.45) is 0 Å². The van der Waals surface area contributed by atoms with Crippen LogP contribution < -0.4 is 0 Å². The molecule has 1 nitrogen and oxygen atoms in total. The van der Waals surface area contributed by atoms with Gasteiger partial charge in [0, 0.05) is 11.1 Å². The zero-order chi connectivity index (χ0) is 12.4. The Morgan fingerprint density at radius 1 is 1.06 bits per heavy atom. The number of benzene rings is 2. The Hall–Kier alpha value is -1.74. The van der Waals surface area contributed by atoms with E-state index >= 15 is 0 Å². The van der Waals surface area contributed by atoms with E-state index in [0.717, 1.165) is 6.07 Å². The molecule has 0 fully saturated rings. The van der Waals surface area contributed by atoms with Crippen molar-refractivity contribution in [3.05, 3.63) is 59.7 Å². The van der Waals surface area contributed by atoms with Crippen molar-refractivity contribution in [3.8, 4) is 11.1 Å². The van der Waals surface area contributed by atoms with Crippen LogP contribution >= 0.6 is 11.6 Å². The molecule has 0 radical (unpaired) electrons. The second kappa shape index (κ2) is 4.63. The summed E-state index contributed by atoms with van der Waals surface area (Å²) in [7, 11) is 0. The molecule has 4 heteroatoms. The van der Waals surface area contributed by atoms with Crippen LogP contribution in [0.1, 0.15) is 10.4 Å². The highest BCUT2D eigenvalue weighted by molar-refractivity contribution is 6.67. The first-order valence-corrected chi connectivity index (χ1v) is 5.21. The van der Waals surface area contributed by atoms with E-state index < -0.39 is 16.9 Å². The van der Waals surface area contributed by atoms with E-state index in [2.05, 4.69) is 0 Å². The van der Waals surface area contributed by atoms with Crippen LogP contribution in [0.3, 0.4) is 0 Å². The van der Waals surface area contributed by atoms with Crippen LogP contribution in [0.5, 0.6) is 0 Å². The lowest BCUT2D eigenvalue weighted by Crippen LogP contribution is -1.92. The third-order valence-corrected chi connectivity index (χ3v) is 2.55. The van der Waals surface area contributed by atoms with Gasteiger partial charge in [0.25, 0.3) is 5.24 Å². The van der Waals surface area contributed by atoms with Crippen molar-refractivity contribution in [1.82, 2.24) is 0 Å². The summed E-state index contributed by atoms with van der Waals surface area (Å²) in [6, 6.07) is 9.42. The van der Waals surface area contributed by atoms with Crippen LogP contribution in [0.2, 0.25) is 0 Å². The molecule has 0 aliphatic carbocycles. The lowest BCUT2D eigenvalue weighted by Gasteiger charge is -2.04. The first-order chi connectivity index (χ1) is 8.08. The monoisotopic (exact) mass is 252 g/mol. The molecule has 2 rings (SSSR count). The summed E-state index contributed by atoms with van der Waals surface area (Å²) in [5.74, 6) is -1.05. The van der Waals surface area contributed by atoms with E-state index in [1.165, 1.54) is 30.3 Å². The van der Waals surface area contributed by atoms with Crippen molar-refractivity contribution in [1.29, 1.82) is 0 Å². The molecule has 86 valence electrons. The molecule has 0 aliphatic rings. The van der Waals surface area contributed by atoms with Gasteiger partial charge in [-0.2, -0.15) is 0 Å². The molecule has 0 saturated carbocycles. The summed E-state index contributed by atoms with van der Waals surface area (Å²) >= 11 is 5.23. The topological polar surface area (TPSA) is 17.1 Å². The minimum absolute atomic E-state index is 0.0734. The zero-order valence-corrected chi connectivity index (χ0v) is 9.34. The predicted molar refractivity (Wildman–Crippen MR) is 62.0 cm³/mol. The molecule has 0 bridgehead atoms. The smallest absolute Gasteiger partial charge is 0.252 e. The van der Waals surface area contributed by atoms with Gasteiger partial charge in [0.2, 0.25) is 0 Å². The van der Waals surface area contributed by atoms with E-state index in [0.29, 0.717) is 5.56 Å². The fraction of sp³-hybridized carbons (Fsp3) is 0. The van der Waals surface area contributed by atoms with Gasteiger partial charge in [-0.3, -0.25) is 4.79 Å². The first kappa shape index (κ1) is 11.7. The van der Waals surface area contributed by atoms with Crippen molar-refractivity contribution in [3.63, 3.8) is 0 Å². The van der Waals surface area contributed by atoms with E-state index in [-0.39, 0.29) is 11.1 Å². The SMILES string of the molecule is O=C(Cl)c1ccc(-c2cccc(F)c2)c(F)c1.